The summed E-state index contributed by atoms with van der Waals surface area (Å²) in [5.41, 5.74) is 0. The summed E-state index contributed by atoms with van der Waals surface area (Å²) in [5.74, 6) is 0. The first-order valence-electron chi connectivity index (χ1n) is 3.72. The molecule has 0 heterocycles. The average Bonchev–Trinajstić information content (AvgIpc) is 2.05. The van der Waals surface area contributed by atoms with Gasteiger partial charge >= 0.3 is 70.0 Å². The van der Waals surface area contributed by atoms with Crippen molar-refractivity contribution in [3.63, 3.8) is 0 Å². The molecule has 0 amide bonds. The SMILES string of the molecule is C[CH2][Sn]([CH3])[c]1ccccc1.O. The average molecular weight is 258 g/mol. The summed E-state index contributed by atoms with van der Waals surface area (Å²) in [6.07, 6.45) is 0. The van der Waals surface area contributed by atoms with Gasteiger partial charge in [0.25, 0.3) is 0 Å². The van der Waals surface area contributed by atoms with Gasteiger partial charge in [-0.3, -0.25) is 0 Å². The van der Waals surface area contributed by atoms with Crippen molar-refractivity contribution in [2.75, 3.05) is 0 Å². The molecule has 0 unspecified atom stereocenters. The van der Waals surface area contributed by atoms with Crippen LogP contribution in [0.25, 0.3) is 0 Å². The van der Waals surface area contributed by atoms with Crippen molar-refractivity contribution in [2.24, 2.45) is 0 Å². The summed E-state index contributed by atoms with van der Waals surface area (Å²) in [6.45, 7) is 2.31. The van der Waals surface area contributed by atoms with E-state index in [2.05, 4.69) is 42.2 Å². The number of rotatable bonds is 2. The predicted octanol–water partition coefficient (Wildman–Crippen LogP) is 1.21. The summed E-state index contributed by atoms with van der Waals surface area (Å²) in [6, 6.07) is 10.9. The second kappa shape index (κ2) is 5.61. The van der Waals surface area contributed by atoms with Crippen LogP contribution in [0.15, 0.2) is 30.3 Å². The zero-order valence-electron chi connectivity index (χ0n) is 7.09. The molecule has 1 aromatic carbocycles. The van der Waals surface area contributed by atoms with Crippen LogP contribution in [0.2, 0.25) is 9.38 Å². The van der Waals surface area contributed by atoms with Gasteiger partial charge in [-0.1, -0.05) is 0 Å². The van der Waals surface area contributed by atoms with Gasteiger partial charge in [0.05, 0.1) is 0 Å². The van der Waals surface area contributed by atoms with Gasteiger partial charge in [0.1, 0.15) is 0 Å². The Labute approximate surface area is 75.5 Å². The third kappa shape index (κ3) is 3.25. The summed E-state index contributed by atoms with van der Waals surface area (Å²) >= 11 is -1.06. The van der Waals surface area contributed by atoms with Crippen molar-refractivity contribution in [3.8, 4) is 0 Å². The standard InChI is InChI=1S/C6H5.C2H5.CH3.H2O.Sn/c1-2-4-6-5-3-1;1-2;;;/h1-5H;1H2,2H3;1H3;1H2;. The van der Waals surface area contributed by atoms with Crippen LogP contribution in [-0.2, 0) is 0 Å². The molecule has 0 aromatic heterocycles. The zero-order valence-corrected chi connectivity index (χ0v) is 9.95. The summed E-state index contributed by atoms with van der Waals surface area (Å²) in [7, 11) is 0. The molecule has 0 atom stereocenters. The molecular weight excluding hydrogens is 243 g/mol. The van der Waals surface area contributed by atoms with E-state index < -0.39 is 19.8 Å². The molecule has 61 valence electrons. The molecule has 0 spiro atoms. The Balaban J connectivity index is 0.000001000. The summed E-state index contributed by atoms with van der Waals surface area (Å²) in [5, 5.41) is 0. The second-order valence-corrected chi connectivity index (χ2v) is 10.6. The Morgan fingerprint density at radius 1 is 1.18 bits per heavy atom. The molecule has 0 aliphatic rings. The first kappa shape index (κ1) is 11.0. The summed E-state index contributed by atoms with van der Waals surface area (Å²) in [4.78, 5) is 2.46. The minimum atomic E-state index is -1.06. The van der Waals surface area contributed by atoms with Crippen LogP contribution in [0.4, 0.5) is 0 Å². The van der Waals surface area contributed by atoms with E-state index in [4.69, 9.17) is 0 Å². The van der Waals surface area contributed by atoms with Gasteiger partial charge < -0.3 is 5.48 Å². The number of hydrogen-bond acceptors (Lipinski definition) is 0. The first-order valence-corrected chi connectivity index (χ1v) is 10.0. The van der Waals surface area contributed by atoms with E-state index >= 15 is 0 Å². The van der Waals surface area contributed by atoms with Gasteiger partial charge in [-0.2, -0.15) is 0 Å². The fourth-order valence-electron chi connectivity index (χ4n) is 0.927. The third-order valence-electron chi connectivity index (χ3n) is 1.80. The number of hydrogen-bond donors (Lipinski definition) is 0. The van der Waals surface area contributed by atoms with Crippen LogP contribution >= 0.6 is 0 Å². The van der Waals surface area contributed by atoms with Crippen LogP contribution in [0.5, 0.6) is 0 Å². The van der Waals surface area contributed by atoms with E-state index in [1.165, 1.54) is 4.44 Å². The van der Waals surface area contributed by atoms with Gasteiger partial charge in [0, 0.05) is 0 Å². The molecule has 2 N–H and O–H groups in total. The Hall–Kier alpha value is -0.0213. The normalized spacial score (nSPS) is 9.36. The van der Waals surface area contributed by atoms with Crippen LogP contribution in [-0.4, -0.2) is 25.2 Å². The maximum Gasteiger partial charge on any atom is -0.412 e. The van der Waals surface area contributed by atoms with Gasteiger partial charge in [0.15, 0.2) is 0 Å². The van der Waals surface area contributed by atoms with Crippen LogP contribution in [0.3, 0.4) is 0 Å². The van der Waals surface area contributed by atoms with Crippen LogP contribution < -0.4 is 3.58 Å². The predicted molar refractivity (Wildman–Crippen MR) is 51.8 cm³/mol. The third-order valence-corrected chi connectivity index (χ3v) is 8.59. The molecule has 2 heteroatoms. The van der Waals surface area contributed by atoms with Crippen molar-refractivity contribution >= 4 is 23.3 Å². The molecule has 0 saturated heterocycles. The molecule has 11 heavy (non-hydrogen) atoms. The Morgan fingerprint density at radius 2 is 1.73 bits per heavy atom. The van der Waals surface area contributed by atoms with Crippen molar-refractivity contribution in [3.05, 3.63) is 30.3 Å². The van der Waals surface area contributed by atoms with Gasteiger partial charge in [0.2, 0.25) is 0 Å². The molecule has 1 nitrogen and oxygen atoms in total. The van der Waals surface area contributed by atoms with Crippen molar-refractivity contribution < 1.29 is 5.48 Å². The van der Waals surface area contributed by atoms with Crippen molar-refractivity contribution in [1.29, 1.82) is 0 Å². The fourth-order valence-corrected chi connectivity index (χ4v) is 4.27. The van der Waals surface area contributed by atoms with Crippen LogP contribution in [0, 0.1) is 0 Å². The number of benzene rings is 1. The maximum atomic E-state index is 2.46. The maximum absolute atomic E-state index is 2.46. The van der Waals surface area contributed by atoms with E-state index in [0.717, 1.165) is 0 Å². The van der Waals surface area contributed by atoms with Gasteiger partial charge in [-0.25, -0.2) is 0 Å². The van der Waals surface area contributed by atoms with E-state index in [-0.39, 0.29) is 5.48 Å². The largest absolute Gasteiger partial charge is 0.412 e. The summed E-state index contributed by atoms with van der Waals surface area (Å²) < 4.78 is 3.07. The van der Waals surface area contributed by atoms with Crippen LogP contribution in [0.1, 0.15) is 6.92 Å². The topological polar surface area (TPSA) is 31.5 Å². The molecule has 0 aliphatic heterocycles. The minimum absolute atomic E-state index is 0. The Morgan fingerprint density at radius 3 is 2.18 bits per heavy atom. The van der Waals surface area contributed by atoms with Gasteiger partial charge in [-0.05, 0) is 0 Å². The first-order chi connectivity index (χ1) is 4.84. The molecular formula is C9H15OSn. The smallest absolute Gasteiger partial charge is 0.412 e. The van der Waals surface area contributed by atoms with E-state index in [1.807, 2.05) is 0 Å². The molecule has 1 rings (SSSR count). The molecule has 0 bridgehead atoms. The quantitative estimate of drug-likeness (QED) is 0.714. The Kier molecular flexibility index (Phi) is 5.60. The zero-order chi connectivity index (χ0) is 7.40. The van der Waals surface area contributed by atoms with Crippen molar-refractivity contribution in [1.82, 2.24) is 0 Å². The molecule has 1 radical (unpaired) electrons. The second-order valence-electron chi connectivity index (χ2n) is 2.50. The van der Waals surface area contributed by atoms with E-state index in [9.17, 15) is 0 Å². The fraction of sp³-hybridized carbons (Fsp3) is 0.333. The van der Waals surface area contributed by atoms with E-state index in [0.29, 0.717) is 0 Å². The molecule has 1 aromatic rings. The van der Waals surface area contributed by atoms with E-state index in [1.54, 1.807) is 3.58 Å². The molecule has 0 saturated carbocycles. The molecule has 0 fully saturated rings. The van der Waals surface area contributed by atoms with Gasteiger partial charge in [-0.15, -0.1) is 0 Å². The monoisotopic (exact) mass is 259 g/mol. The van der Waals surface area contributed by atoms with Crippen molar-refractivity contribution in [2.45, 2.75) is 16.3 Å². The Bertz CT molecular complexity index is 186. The molecule has 0 aliphatic carbocycles. The minimum Gasteiger partial charge on any atom is -0.412 e.